The summed E-state index contributed by atoms with van der Waals surface area (Å²) in [6, 6.07) is 33.2. The SMILES string of the molecule is C1=CC2CC2(C(c2ccccc2)(c2ccccc2)c2ccccc2)C=C1. The molecular weight excluding hydrogens is 312 g/mol. The third-order valence-corrected chi connectivity index (χ3v) is 6.23. The van der Waals surface area contributed by atoms with E-state index < -0.39 is 0 Å². The van der Waals surface area contributed by atoms with Crippen LogP contribution in [0.3, 0.4) is 0 Å². The molecule has 0 saturated heterocycles. The first-order valence-electron chi connectivity index (χ1n) is 9.40. The first kappa shape index (κ1) is 15.4. The second-order valence-electron chi connectivity index (χ2n) is 7.44. The van der Waals surface area contributed by atoms with Gasteiger partial charge in [0.15, 0.2) is 0 Å². The zero-order valence-electron chi connectivity index (χ0n) is 14.8. The van der Waals surface area contributed by atoms with Crippen LogP contribution in [-0.2, 0) is 5.41 Å². The van der Waals surface area contributed by atoms with Gasteiger partial charge in [-0.2, -0.15) is 0 Å². The second-order valence-corrected chi connectivity index (χ2v) is 7.44. The highest BCUT2D eigenvalue weighted by Crippen LogP contribution is 2.70. The lowest BCUT2D eigenvalue weighted by Gasteiger charge is -2.43. The lowest BCUT2D eigenvalue weighted by molar-refractivity contribution is 0.405. The van der Waals surface area contributed by atoms with E-state index in [1.807, 2.05) is 0 Å². The first-order valence-corrected chi connectivity index (χ1v) is 9.40. The second kappa shape index (κ2) is 5.85. The lowest BCUT2D eigenvalue weighted by atomic mass is 9.58. The van der Waals surface area contributed by atoms with Crippen LogP contribution in [0.1, 0.15) is 23.1 Å². The summed E-state index contributed by atoms with van der Waals surface area (Å²) in [5.74, 6) is 0.591. The summed E-state index contributed by atoms with van der Waals surface area (Å²) in [7, 11) is 0. The maximum absolute atomic E-state index is 2.46. The summed E-state index contributed by atoms with van der Waals surface area (Å²) in [4.78, 5) is 0. The molecule has 0 aliphatic heterocycles. The summed E-state index contributed by atoms with van der Waals surface area (Å²) in [6.07, 6.45) is 10.5. The molecule has 1 saturated carbocycles. The molecule has 0 bridgehead atoms. The molecule has 2 atom stereocenters. The van der Waals surface area contributed by atoms with Crippen LogP contribution in [0.4, 0.5) is 0 Å². The van der Waals surface area contributed by atoms with Crippen LogP contribution >= 0.6 is 0 Å². The Bertz CT molecular complexity index is 854. The minimum Gasteiger partial charge on any atom is -0.0805 e. The molecule has 2 aliphatic carbocycles. The van der Waals surface area contributed by atoms with Gasteiger partial charge in [0.05, 0.1) is 5.41 Å². The molecule has 0 amide bonds. The number of hydrogen-bond acceptors (Lipinski definition) is 0. The molecule has 26 heavy (non-hydrogen) atoms. The molecule has 0 heterocycles. The molecule has 1 fully saturated rings. The monoisotopic (exact) mass is 334 g/mol. The minimum absolute atomic E-state index is 0.103. The summed E-state index contributed by atoms with van der Waals surface area (Å²) in [6.45, 7) is 0. The molecule has 3 aromatic carbocycles. The van der Waals surface area contributed by atoms with Crippen molar-refractivity contribution in [3.05, 3.63) is 132 Å². The van der Waals surface area contributed by atoms with Crippen LogP contribution < -0.4 is 0 Å². The molecule has 2 unspecified atom stereocenters. The highest BCUT2D eigenvalue weighted by Gasteiger charge is 2.66. The number of allylic oxidation sites excluding steroid dienone is 4. The van der Waals surface area contributed by atoms with Crippen molar-refractivity contribution >= 4 is 0 Å². The molecule has 126 valence electrons. The Morgan fingerprint density at radius 3 is 1.50 bits per heavy atom. The standard InChI is InChI=1S/C26H22/c1-4-12-21(13-5-1)26(22-14-6-2-7-15-22,23-16-8-3-9-17-23)25-19-11-10-18-24(25)20-25/h1-19,24H,20H2. The Hall–Kier alpha value is -2.86. The molecule has 0 heteroatoms. The third-order valence-electron chi connectivity index (χ3n) is 6.23. The van der Waals surface area contributed by atoms with Crippen molar-refractivity contribution in [1.29, 1.82) is 0 Å². The number of rotatable bonds is 4. The van der Waals surface area contributed by atoms with Gasteiger partial charge in [-0.1, -0.05) is 115 Å². The van der Waals surface area contributed by atoms with Crippen LogP contribution in [0.5, 0.6) is 0 Å². The van der Waals surface area contributed by atoms with Crippen LogP contribution in [0.2, 0.25) is 0 Å². The van der Waals surface area contributed by atoms with Gasteiger partial charge in [0.25, 0.3) is 0 Å². The summed E-state index contributed by atoms with van der Waals surface area (Å²) >= 11 is 0. The maximum Gasteiger partial charge on any atom is 0.0547 e. The zero-order valence-corrected chi connectivity index (χ0v) is 14.8. The molecule has 0 aromatic heterocycles. The van der Waals surface area contributed by atoms with E-state index in [-0.39, 0.29) is 10.8 Å². The van der Waals surface area contributed by atoms with E-state index in [0.717, 1.165) is 0 Å². The highest BCUT2D eigenvalue weighted by molar-refractivity contribution is 5.58. The molecular formula is C26H22. The average Bonchev–Trinajstić information content (AvgIpc) is 3.47. The van der Waals surface area contributed by atoms with Crippen molar-refractivity contribution in [2.45, 2.75) is 11.8 Å². The number of benzene rings is 3. The largest absolute Gasteiger partial charge is 0.0805 e. The summed E-state index contributed by atoms with van der Waals surface area (Å²) in [5.41, 5.74) is 4.05. The molecule has 2 aliphatic rings. The number of fused-ring (bicyclic) bond motifs is 1. The topological polar surface area (TPSA) is 0 Å². The van der Waals surface area contributed by atoms with Gasteiger partial charge in [0.1, 0.15) is 0 Å². The van der Waals surface area contributed by atoms with Gasteiger partial charge in [-0.25, -0.2) is 0 Å². The van der Waals surface area contributed by atoms with E-state index in [0.29, 0.717) is 5.92 Å². The maximum atomic E-state index is 2.46. The molecule has 0 radical (unpaired) electrons. The fourth-order valence-electron chi connectivity index (χ4n) is 5.09. The molecule has 0 nitrogen and oxygen atoms in total. The van der Waals surface area contributed by atoms with Crippen molar-refractivity contribution in [3.8, 4) is 0 Å². The van der Waals surface area contributed by atoms with E-state index in [4.69, 9.17) is 0 Å². The van der Waals surface area contributed by atoms with Gasteiger partial charge in [0, 0.05) is 5.41 Å². The molecule has 3 aromatic rings. The Labute approximate surface area is 155 Å². The average molecular weight is 334 g/mol. The smallest absolute Gasteiger partial charge is 0.0547 e. The van der Waals surface area contributed by atoms with E-state index in [1.165, 1.54) is 23.1 Å². The van der Waals surface area contributed by atoms with E-state index in [9.17, 15) is 0 Å². The van der Waals surface area contributed by atoms with Crippen LogP contribution in [0.15, 0.2) is 115 Å². The minimum atomic E-state index is -0.178. The quantitative estimate of drug-likeness (QED) is 0.502. The van der Waals surface area contributed by atoms with Gasteiger partial charge in [-0.3, -0.25) is 0 Å². The van der Waals surface area contributed by atoms with Crippen molar-refractivity contribution in [2.75, 3.05) is 0 Å². The van der Waals surface area contributed by atoms with Crippen LogP contribution in [-0.4, -0.2) is 0 Å². The van der Waals surface area contributed by atoms with Crippen LogP contribution in [0, 0.1) is 11.3 Å². The zero-order chi connectivity index (χ0) is 17.5. The lowest BCUT2D eigenvalue weighted by Crippen LogP contribution is -2.40. The third kappa shape index (κ3) is 2.02. The van der Waals surface area contributed by atoms with Gasteiger partial charge < -0.3 is 0 Å². The van der Waals surface area contributed by atoms with Crippen molar-refractivity contribution in [1.82, 2.24) is 0 Å². The van der Waals surface area contributed by atoms with E-state index in [2.05, 4.69) is 115 Å². The molecule has 0 N–H and O–H groups in total. The Morgan fingerprint density at radius 2 is 1.08 bits per heavy atom. The normalized spacial score (nSPS) is 23.5. The van der Waals surface area contributed by atoms with Crippen molar-refractivity contribution in [3.63, 3.8) is 0 Å². The predicted octanol–water partition coefficient (Wildman–Crippen LogP) is 6.15. The van der Waals surface area contributed by atoms with Crippen molar-refractivity contribution in [2.24, 2.45) is 11.3 Å². The van der Waals surface area contributed by atoms with Gasteiger partial charge in [-0.05, 0) is 29.0 Å². The summed E-state index contributed by atoms with van der Waals surface area (Å²) < 4.78 is 0. The van der Waals surface area contributed by atoms with Crippen LogP contribution in [0.25, 0.3) is 0 Å². The van der Waals surface area contributed by atoms with Gasteiger partial charge >= 0.3 is 0 Å². The van der Waals surface area contributed by atoms with Gasteiger partial charge in [-0.15, -0.1) is 0 Å². The first-order chi connectivity index (χ1) is 12.9. The highest BCUT2D eigenvalue weighted by atomic mass is 14.7. The fraction of sp³-hybridized carbons (Fsp3) is 0.154. The number of hydrogen-bond donors (Lipinski definition) is 0. The van der Waals surface area contributed by atoms with Gasteiger partial charge in [0.2, 0.25) is 0 Å². The van der Waals surface area contributed by atoms with E-state index in [1.54, 1.807) is 0 Å². The van der Waals surface area contributed by atoms with E-state index >= 15 is 0 Å². The summed E-state index contributed by atoms with van der Waals surface area (Å²) in [5, 5.41) is 0. The Morgan fingerprint density at radius 1 is 0.615 bits per heavy atom. The molecule has 0 spiro atoms. The van der Waals surface area contributed by atoms with Crippen molar-refractivity contribution < 1.29 is 0 Å². The molecule has 5 rings (SSSR count). The Balaban J connectivity index is 1.88. The Kier molecular flexibility index (Phi) is 3.46. The predicted molar refractivity (Wildman–Crippen MR) is 108 cm³/mol. The fourth-order valence-corrected chi connectivity index (χ4v) is 5.09.